The number of hydrogen-bond acceptors (Lipinski definition) is 6. The third kappa shape index (κ3) is 3.71. The summed E-state index contributed by atoms with van der Waals surface area (Å²) in [6.07, 6.45) is 3.10. The smallest absolute Gasteiger partial charge is 0.258 e. The van der Waals surface area contributed by atoms with Crippen LogP contribution in [0, 0.1) is 6.92 Å². The fourth-order valence-electron chi connectivity index (χ4n) is 2.70. The maximum absolute atomic E-state index is 12.5. The van der Waals surface area contributed by atoms with Gasteiger partial charge in [-0.05, 0) is 46.7 Å². The molecule has 0 aliphatic rings. The third-order valence-corrected chi connectivity index (χ3v) is 4.00. The zero-order valence-corrected chi connectivity index (χ0v) is 14.5. The van der Waals surface area contributed by atoms with Crippen LogP contribution in [0.15, 0.2) is 61.2 Å². The molecule has 0 bridgehead atoms. The predicted molar refractivity (Wildman–Crippen MR) is 97.4 cm³/mol. The second-order valence-corrected chi connectivity index (χ2v) is 5.96. The monoisotopic (exact) mass is 360 g/mol. The minimum Gasteiger partial charge on any atom is -0.289 e. The quantitative estimate of drug-likeness (QED) is 0.583. The zero-order chi connectivity index (χ0) is 18.6. The van der Waals surface area contributed by atoms with Gasteiger partial charge in [-0.15, -0.1) is 10.2 Å². The Morgan fingerprint density at radius 2 is 1.96 bits per heavy atom. The van der Waals surface area contributed by atoms with E-state index in [1.54, 1.807) is 33.9 Å². The minimum absolute atomic E-state index is 0.262. The molecular weight excluding hydrogens is 344 g/mol. The molecule has 9 heteroatoms. The Balaban J connectivity index is 1.46. The number of nitrogens with one attached hydrogen (secondary N) is 1. The van der Waals surface area contributed by atoms with Gasteiger partial charge in [-0.3, -0.25) is 10.1 Å². The predicted octanol–water partition coefficient (Wildman–Crippen LogP) is 1.86. The van der Waals surface area contributed by atoms with Crippen LogP contribution in [0.1, 0.15) is 21.5 Å². The van der Waals surface area contributed by atoms with Crippen molar-refractivity contribution in [1.29, 1.82) is 0 Å². The van der Waals surface area contributed by atoms with Crippen LogP contribution in [0.4, 0.5) is 5.95 Å². The first kappa shape index (κ1) is 16.6. The first-order chi connectivity index (χ1) is 13.2. The molecule has 0 fully saturated rings. The second-order valence-electron chi connectivity index (χ2n) is 5.96. The van der Waals surface area contributed by atoms with Crippen molar-refractivity contribution in [3.8, 4) is 5.69 Å². The molecule has 0 saturated carbocycles. The number of amides is 1. The number of carbonyl (C=O) groups is 1. The van der Waals surface area contributed by atoms with Crippen LogP contribution < -0.4 is 5.32 Å². The van der Waals surface area contributed by atoms with Crippen LogP contribution in [0.25, 0.3) is 5.69 Å². The maximum Gasteiger partial charge on any atom is 0.258 e. The van der Waals surface area contributed by atoms with Gasteiger partial charge in [0.15, 0.2) is 0 Å². The summed E-state index contributed by atoms with van der Waals surface area (Å²) in [5.41, 5.74) is 3.29. The zero-order valence-electron chi connectivity index (χ0n) is 14.5. The van der Waals surface area contributed by atoms with Crippen molar-refractivity contribution < 1.29 is 4.79 Å². The van der Waals surface area contributed by atoms with E-state index in [1.807, 2.05) is 37.3 Å². The molecule has 134 valence electrons. The highest BCUT2D eigenvalue weighted by Crippen LogP contribution is 2.15. The molecule has 0 radical (unpaired) electrons. The van der Waals surface area contributed by atoms with Gasteiger partial charge in [0.25, 0.3) is 5.91 Å². The Bertz CT molecular complexity index is 1060. The SMILES string of the molecule is Cc1cc(C(=O)Nc2ncn(Cc3ccccc3)n2)ccc1-n1cnnn1. The van der Waals surface area contributed by atoms with E-state index in [4.69, 9.17) is 0 Å². The number of aryl methyl sites for hydroxylation is 1. The van der Waals surface area contributed by atoms with Crippen molar-refractivity contribution in [2.75, 3.05) is 5.32 Å². The largest absolute Gasteiger partial charge is 0.289 e. The second kappa shape index (κ2) is 7.16. The number of hydrogen-bond donors (Lipinski definition) is 1. The Morgan fingerprint density at radius 3 is 2.70 bits per heavy atom. The minimum atomic E-state index is -0.279. The molecule has 0 unspecified atom stereocenters. The van der Waals surface area contributed by atoms with Gasteiger partial charge in [-0.25, -0.2) is 14.3 Å². The summed E-state index contributed by atoms with van der Waals surface area (Å²) in [4.78, 5) is 16.6. The topological polar surface area (TPSA) is 103 Å². The average Bonchev–Trinajstić information content (AvgIpc) is 3.35. The van der Waals surface area contributed by atoms with Crippen molar-refractivity contribution in [1.82, 2.24) is 35.0 Å². The normalized spacial score (nSPS) is 10.7. The van der Waals surface area contributed by atoms with Crippen molar-refractivity contribution in [3.63, 3.8) is 0 Å². The Hall–Kier alpha value is -3.88. The lowest BCUT2D eigenvalue weighted by Gasteiger charge is -2.07. The first-order valence-corrected chi connectivity index (χ1v) is 8.28. The van der Waals surface area contributed by atoms with E-state index < -0.39 is 0 Å². The van der Waals surface area contributed by atoms with E-state index in [0.29, 0.717) is 12.1 Å². The van der Waals surface area contributed by atoms with E-state index >= 15 is 0 Å². The molecule has 4 rings (SSSR count). The molecule has 0 spiro atoms. The maximum atomic E-state index is 12.5. The summed E-state index contributed by atoms with van der Waals surface area (Å²) in [7, 11) is 0. The van der Waals surface area contributed by atoms with E-state index in [0.717, 1.165) is 16.8 Å². The average molecular weight is 360 g/mol. The third-order valence-electron chi connectivity index (χ3n) is 4.00. The van der Waals surface area contributed by atoms with Crippen LogP contribution in [-0.4, -0.2) is 40.9 Å². The van der Waals surface area contributed by atoms with Gasteiger partial charge < -0.3 is 0 Å². The summed E-state index contributed by atoms with van der Waals surface area (Å²) in [5.74, 6) is -0.0167. The lowest BCUT2D eigenvalue weighted by atomic mass is 10.1. The Labute approximate surface area is 154 Å². The van der Waals surface area contributed by atoms with Crippen LogP contribution in [-0.2, 0) is 6.54 Å². The molecule has 1 N–H and O–H groups in total. The van der Waals surface area contributed by atoms with E-state index in [9.17, 15) is 4.79 Å². The number of carbonyl (C=O) groups excluding carboxylic acids is 1. The highest BCUT2D eigenvalue weighted by molar-refractivity contribution is 6.03. The number of anilines is 1. The van der Waals surface area contributed by atoms with Gasteiger partial charge in [0.05, 0.1) is 12.2 Å². The molecule has 2 heterocycles. The number of rotatable bonds is 5. The summed E-state index contributed by atoms with van der Waals surface area (Å²) in [6, 6.07) is 15.2. The van der Waals surface area contributed by atoms with Gasteiger partial charge in [-0.1, -0.05) is 30.3 Å². The van der Waals surface area contributed by atoms with Crippen molar-refractivity contribution in [2.45, 2.75) is 13.5 Å². The van der Waals surface area contributed by atoms with Gasteiger partial charge in [0.2, 0.25) is 5.95 Å². The fourth-order valence-corrected chi connectivity index (χ4v) is 2.70. The van der Waals surface area contributed by atoms with E-state index in [-0.39, 0.29) is 11.9 Å². The lowest BCUT2D eigenvalue weighted by Crippen LogP contribution is -2.14. The molecule has 4 aromatic rings. The molecule has 0 saturated heterocycles. The van der Waals surface area contributed by atoms with E-state index in [1.165, 1.54) is 6.33 Å². The molecule has 2 aromatic carbocycles. The number of benzene rings is 2. The van der Waals surface area contributed by atoms with Gasteiger partial charge in [0, 0.05) is 5.56 Å². The Kier molecular flexibility index (Phi) is 4.40. The van der Waals surface area contributed by atoms with Crippen LogP contribution >= 0.6 is 0 Å². The van der Waals surface area contributed by atoms with Crippen molar-refractivity contribution in [2.24, 2.45) is 0 Å². The van der Waals surface area contributed by atoms with Crippen LogP contribution in [0.3, 0.4) is 0 Å². The number of tetrazole rings is 1. The molecule has 2 aromatic heterocycles. The van der Waals surface area contributed by atoms with Crippen molar-refractivity contribution >= 4 is 11.9 Å². The fraction of sp³-hybridized carbons (Fsp3) is 0.111. The summed E-state index contributed by atoms with van der Waals surface area (Å²) >= 11 is 0. The number of nitrogens with zero attached hydrogens (tertiary/aromatic N) is 7. The summed E-state index contributed by atoms with van der Waals surface area (Å²) in [6.45, 7) is 2.48. The van der Waals surface area contributed by atoms with E-state index in [2.05, 4.69) is 30.9 Å². The first-order valence-electron chi connectivity index (χ1n) is 8.28. The molecule has 0 atom stereocenters. The number of aromatic nitrogens is 7. The van der Waals surface area contributed by atoms with Crippen LogP contribution in [0.5, 0.6) is 0 Å². The van der Waals surface area contributed by atoms with Gasteiger partial charge in [0.1, 0.15) is 12.7 Å². The molecule has 9 nitrogen and oxygen atoms in total. The van der Waals surface area contributed by atoms with Gasteiger partial charge >= 0.3 is 0 Å². The van der Waals surface area contributed by atoms with Crippen molar-refractivity contribution in [3.05, 3.63) is 77.9 Å². The summed E-state index contributed by atoms with van der Waals surface area (Å²) < 4.78 is 3.22. The molecule has 0 aliphatic carbocycles. The molecular formula is C18H16N8O. The Morgan fingerprint density at radius 1 is 1.11 bits per heavy atom. The molecule has 27 heavy (non-hydrogen) atoms. The highest BCUT2D eigenvalue weighted by atomic mass is 16.1. The highest BCUT2D eigenvalue weighted by Gasteiger charge is 2.12. The molecule has 0 aliphatic heterocycles. The lowest BCUT2D eigenvalue weighted by molar-refractivity contribution is 0.102. The molecule has 1 amide bonds. The van der Waals surface area contributed by atoms with Crippen LogP contribution in [0.2, 0.25) is 0 Å². The van der Waals surface area contributed by atoms with Gasteiger partial charge in [-0.2, -0.15) is 0 Å². The summed E-state index contributed by atoms with van der Waals surface area (Å²) in [5, 5.41) is 18.1. The standard InChI is InChI=1S/C18H16N8O/c1-13-9-15(7-8-16(13)26-12-20-23-24-26)17(27)21-18-19-11-25(22-18)10-14-5-3-2-4-6-14/h2-9,11-12H,10H2,1H3,(H,21,22,27).